The first-order valence-corrected chi connectivity index (χ1v) is 4.44. The van der Waals surface area contributed by atoms with E-state index in [9.17, 15) is 4.79 Å². The molecule has 0 aliphatic rings. The molecule has 0 aromatic rings. The van der Waals surface area contributed by atoms with E-state index in [-0.39, 0.29) is 6.61 Å². The number of carbonyl (C=O) groups is 1. The lowest BCUT2D eigenvalue weighted by molar-refractivity contribution is -0.0900. The van der Waals surface area contributed by atoms with Crippen molar-refractivity contribution in [1.29, 1.82) is 0 Å². The average molecular weight is 212 g/mol. The molecule has 0 spiro atoms. The Balaban J connectivity index is 3.93. The zero-order valence-corrected chi connectivity index (χ0v) is 9.06. The molecule has 0 N–H and O–H groups in total. The molecular weight excluding hydrogens is 196 g/mol. The summed E-state index contributed by atoms with van der Waals surface area (Å²) < 4.78 is 14.2. The maximum atomic E-state index is 11.0. The van der Waals surface area contributed by atoms with Crippen LogP contribution >= 0.6 is 0 Å². The van der Waals surface area contributed by atoms with Crippen molar-refractivity contribution in [2.75, 3.05) is 13.7 Å². The molecule has 4 heteroatoms. The number of allylic oxidation sites excluding steroid dienone is 2. The largest absolute Gasteiger partial charge is 0.510 e. The van der Waals surface area contributed by atoms with Crippen LogP contribution in [0.4, 0.5) is 4.79 Å². The van der Waals surface area contributed by atoms with Gasteiger partial charge >= 0.3 is 6.16 Å². The molecule has 0 amide bonds. The smallest absolute Gasteiger partial charge is 0.429 e. The van der Waals surface area contributed by atoms with Crippen molar-refractivity contribution in [3.63, 3.8) is 0 Å². The molecule has 1 unspecified atom stereocenters. The van der Waals surface area contributed by atoms with Gasteiger partial charge in [0.2, 0.25) is 6.29 Å². The lowest BCUT2D eigenvalue weighted by atomic mass is 10.2. The van der Waals surface area contributed by atoms with Crippen LogP contribution < -0.4 is 0 Å². The highest BCUT2D eigenvalue weighted by Crippen LogP contribution is 2.00. The van der Waals surface area contributed by atoms with Crippen molar-refractivity contribution in [3.05, 3.63) is 37.0 Å². The van der Waals surface area contributed by atoms with Gasteiger partial charge in [0.25, 0.3) is 0 Å². The molecule has 1 atom stereocenters. The number of hydrogen-bond donors (Lipinski definition) is 0. The molecule has 0 aliphatic carbocycles. The van der Waals surface area contributed by atoms with Crippen molar-refractivity contribution in [1.82, 2.24) is 0 Å². The van der Waals surface area contributed by atoms with Gasteiger partial charge in [0.15, 0.2) is 0 Å². The first-order valence-electron chi connectivity index (χ1n) is 4.44. The van der Waals surface area contributed by atoms with Crippen LogP contribution in [0.25, 0.3) is 0 Å². The molecule has 0 aromatic carbocycles. The summed E-state index contributed by atoms with van der Waals surface area (Å²) in [5, 5.41) is 0. The van der Waals surface area contributed by atoms with Crippen molar-refractivity contribution < 1.29 is 19.0 Å². The van der Waals surface area contributed by atoms with Crippen LogP contribution in [0.15, 0.2) is 37.0 Å². The van der Waals surface area contributed by atoms with Crippen molar-refractivity contribution >= 4 is 6.16 Å². The first kappa shape index (κ1) is 13.4. The second-order valence-corrected chi connectivity index (χ2v) is 2.64. The van der Waals surface area contributed by atoms with Crippen LogP contribution in [0, 0.1) is 0 Å². The van der Waals surface area contributed by atoms with E-state index in [0.717, 1.165) is 5.57 Å². The van der Waals surface area contributed by atoms with Crippen molar-refractivity contribution in [2.45, 2.75) is 13.2 Å². The van der Waals surface area contributed by atoms with Gasteiger partial charge in [-0.15, -0.1) is 0 Å². The zero-order chi connectivity index (χ0) is 11.7. The topological polar surface area (TPSA) is 44.8 Å². The predicted molar refractivity (Wildman–Crippen MR) is 57.4 cm³/mol. The fraction of sp³-hybridized carbons (Fsp3) is 0.364. The summed E-state index contributed by atoms with van der Waals surface area (Å²) in [6, 6.07) is 0. The monoisotopic (exact) mass is 212 g/mol. The van der Waals surface area contributed by atoms with E-state index in [4.69, 9.17) is 14.2 Å². The fourth-order valence-corrected chi connectivity index (χ4v) is 0.686. The van der Waals surface area contributed by atoms with Crippen LogP contribution in [-0.4, -0.2) is 26.2 Å². The first-order chi connectivity index (χ1) is 7.13. The van der Waals surface area contributed by atoms with Crippen LogP contribution in [0.3, 0.4) is 0 Å². The van der Waals surface area contributed by atoms with Gasteiger partial charge in [-0.05, 0) is 12.5 Å². The molecule has 0 aliphatic heterocycles. The highest BCUT2D eigenvalue weighted by atomic mass is 16.8. The highest BCUT2D eigenvalue weighted by Gasteiger charge is 2.09. The molecule has 0 aromatic heterocycles. The van der Waals surface area contributed by atoms with Gasteiger partial charge in [-0.3, -0.25) is 0 Å². The lowest BCUT2D eigenvalue weighted by Crippen LogP contribution is -2.18. The number of hydrogen-bond acceptors (Lipinski definition) is 4. The van der Waals surface area contributed by atoms with E-state index in [0.29, 0.717) is 0 Å². The third kappa shape index (κ3) is 6.51. The van der Waals surface area contributed by atoms with Crippen molar-refractivity contribution in [3.8, 4) is 0 Å². The fourth-order valence-electron chi connectivity index (χ4n) is 0.686. The minimum absolute atomic E-state index is 0.102. The molecule has 0 saturated heterocycles. The van der Waals surface area contributed by atoms with Gasteiger partial charge in [-0.2, -0.15) is 0 Å². The molecular formula is C11H16O4. The zero-order valence-electron chi connectivity index (χ0n) is 9.06. The summed E-state index contributed by atoms with van der Waals surface area (Å²) in [5.41, 5.74) is 0.743. The van der Waals surface area contributed by atoms with E-state index < -0.39 is 12.4 Å². The molecule has 4 nitrogen and oxygen atoms in total. The molecule has 0 radical (unpaired) electrons. The second kappa shape index (κ2) is 7.82. The minimum Gasteiger partial charge on any atom is -0.429 e. The van der Waals surface area contributed by atoms with Gasteiger partial charge in [0, 0.05) is 7.11 Å². The maximum Gasteiger partial charge on any atom is 0.510 e. The molecule has 15 heavy (non-hydrogen) atoms. The molecule has 84 valence electrons. The molecule has 0 bridgehead atoms. The van der Waals surface area contributed by atoms with E-state index in [1.54, 1.807) is 25.2 Å². The summed E-state index contributed by atoms with van der Waals surface area (Å²) in [6.07, 6.45) is 3.47. The van der Waals surface area contributed by atoms with E-state index >= 15 is 0 Å². The number of carbonyl (C=O) groups excluding carboxylic acids is 1. The van der Waals surface area contributed by atoms with Crippen LogP contribution in [0.5, 0.6) is 0 Å². The molecule has 0 fully saturated rings. The summed E-state index contributed by atoms with van der Waals surface area (Å²) in [4.78, 5) is 11.0. The summed E-state index contributed by atoms with van der Waals surface area (Å²) in [6.45, 7) is 8.78. The Morgan fingerprint density at radius 2 is 2.13 bits per heavy atom. The van der Waals surface area contributed by atoms with Gasteiger partial charge < -0.3 is 14.2 Å². The van der Waals surface area contributed by atoms with Crippen molar-refractivity contribution in [2.24, 2.45) is 0 Å². The Morgan fingerprint density at radius 3 is 2.60 bits per heavy atom. The lowest BCUT2D eigenvalue weighted by Gasteiger charge is -2.11. The Hall–Kier alpha value is -1.55. The quantitative estimate of drug-likeness (QED) is 0.385. The van der Waals surface area contributed by atoms with Gasteiger partial charge in [-0.25, -0.2) is 4.79 Å². The van der Waals surface area contributed by atoms with Crippen LogP contribution in [0.2, 0.25) is 0 Å². The van der Waals surface area contributed by atoms with Gasteiger partial charge in [-0.1, -0.05) is 31.4 Å². The summed E-state index contributed by atoms with van der Waals surface area (Å²) in [7, 11) is 1.44. The van der Waals surface area contributed by atoms with Crippen LogP contribution in [0.1, 0.15) is 6.92 Å². The standard InChI is InChI=1S/C11H16O4/c1-5-7-10(6-2)8-14-11(12)15-9(3)13-4/h5-7,9H,1-2,8H2,3-4H3/b10-7+. The SMILES string of the molecule is C=C/C=C(\C=C)COC(=O)OC(C)OC. The Morgan fingerprint density at radius 1 is 1.47 bits per heavy atom. The minimum atomic E-state index is -0.777. The summed E-state index contributed by atoms with van der Waals surface area (Å²) in [5.74, 6) is 0. The van der Waals surface area contributed by atoms with Gasteiger partial charge in [0.1, 0.15) is 6.61 Å². The van der Waals surface area contributed by atoms with Gasteiger partial charge in [0.05, 0.1) is 0 Å². The van der Waals surface area contributed by atoms with E-state index in [1.807, 2.05) is 0 Å². The van der Waals surface area contributed by atoms with E-state index in [1.165, 1.54) is 7.11 Å². The van der Waals surface area contributed by atoms with E-state index in [2.05, 4.69) is 13.2 Å². The second-order valence-electron chi connectivity index (χ2n) is 2.64. The average Bonchev–Trinajstić information content (AvgIpc) is 2.23. The number of ether oxygens (including phenoxy) is 3. The molecule has 0 saturated carbocycles. The Kier molecular flexibility index (Phi) is 7.01. The normalized spacial score (nSPS) is 12.8. The molecule has 0 heterocycles. The third-order valence-electron chi connectivity index (χ3n) is 1.54. The Bertz CT molecular complexity index is 255. The molecule has 0 rings (SSSR count). The van der Waals surface area contributed by atoms with Crippen LogP contribution in [-0.2, 0) is 14.2 Å². The maximum absolute atomic E-state index is 11.0. The number of rotatable bonds is 6. The summed E-state index contributed by atoms with van der Waals surface area (Å²) >= 11 is 0. The Labute approximate surface area is 89.8 Å². The predicted octanol–water partition coefficient (Wildman–Crippen LogP) is 2.43. The third-order valence-corrected chi connectivity index (χ3v) is 1.54. The number of methoxy groups -OCH3 is 1. The highest BCUT2D eigenvalue weighted by molar-refractivity contribution is 5.60.